The van der Waals surface area contributed by atoms with Crippen LogP contribution in [0.5, 0.6) is 0 Å². The van der Waals surface area contributed by atoms with Gasteiger partial charge in [0.1, 0.15) is 0 Å². The Morgan fingerprint density at radius 2 is 2.15 bits per heavy atom. The van der Waals surface area contributed by atoms with Gasteiger partial charge in [0.25, 0.3) is 0 Å². The number of rotatable bonds is 6. The van der Waals surface area contributed by atoms with Crippen molar-refractivity contribution in [1.29, 1.82) is 0 Å². The topological polar surface area (TPSA) is 55.3 Å². The maximum Gasteiger partial charge on any atom is 0.0591 e. The summed E-state index contributed by atoms with van der Waals surface area (Å²) >= 11 is 0. The molecule has 0 saturated heterocycles. The van der Waals surface area contributed by atoms with E-state index in [-0.39, 0.29) is 0 Å². The van der Waals surface area contributed by atoms with E-state index in [1.807, 2.05) is 32.3 Å². The average molecular weight is 186 g/mol. The molecular weight excluding hydrogens is 166 g/mol. The summed E-state index contributed by atoms with van der Waals surface area (Å²) < 4.78 is 0. The van der Waals surface area contributed by atoms with E-state index >= 15 is 0 Å². The lowest BCUT2D eigenvalue weighted by Crippen LogP contribution is -2.17. The highest BCUT2D eigenvalue weighted by Gasteiger charge is 2.10. The number of aliphatic hydroxyl groups is 1. The molecule has 0 aliphatic heterocycles. The Morgan fingerprint density at radius 1 is 1.54 bits per heavy atom. The lowest BCUT2D eigenvalue weighted by atomic mass is 9.99. The minimum Gasteiger partial charge on any atom is -0.788 e. The highest BCUT2D eigenvalue weighted by molar-refractivity contribution is 4.99. The Morgan fingerprint density at radius 3 is 2.62 bits per heavy atom. The summed E-state index contributed by atoms with van der Waals surface area (Å²) in [5.74, 6) is 0. The summed E-state index contributed by atoms with van der Waals surface area (Å²) in [5, 5.41) is 19.4. The van der Waals surface area contributed by atoms with Crippen molar-refractivity contribution in [1.82, 2.24) is 5.48 Å². The molecular formula is C10H20NO2-. The van der Waals surface area contributed by atoms with Crippen molar-refractivity contribution in [3.63, 3.8) is 0 Å². The minimum absolute atomic E-state index is 0.383. The van der Waals surface area contributed by atoms with E-state index in [0.29, 0.717) is 6.54 Å². The Hall–Kier alpha value is -0.380. The first-order valence-corrected chi connectivity index (χ1v) is 4.69. The fourth-order valence-electron chi connectivity index (χ4n) is 1.12. The second kappa shape index (κ2) is 6.13. The zero-order valence-electron chi connectivity index (χ0n) is 8.76. The Balaban J connectivity index is 3.53. The molecule has 0 unspecified atom stereocenters. The van der Waals surface area contributed by atoms with Crippen LogP contribution < -0.4 is 5.48 Å². The maximum atomic E-state index is 9.93. The van der Waals surface area contributed by atoms with Crippen LogP contribution in [0.15, 0.2) is 11.6 Å². The van der Waals surface area contributed by atoms with E-state index in [1.165, 1.54) is 5.57 Å². The van der Waals surface area contributed by atoms with Crippen LogP contribution in [0.1, 0.15) is 40.0 Å². The summed E-state index contributed by atoms with van der Waals surface area (Å²) in [6.45, 7) is 6.01. The molecule has 0 bridgehead atoms. The second-order valence-electron chi connectivity index (χ2n) is 4.06. The van der Waals surface area contributed by atoms with Crippen LogP contribution in [-0.2, 0) is 0 Å². The third-order valence-electron chi connectivity index (χ3n) is 1.89. The first-order chi connectivity index (χ1) is 5.95. The SMILES string of the molecule is CC(=CCN[O-])CCCC(C)(C)O. The molecule has 0 saturated carbocycles. The van der Waals surface area contributed by atoms with E-state index in [1.54, 1.807) is 0 Å². The van der Waals surface area contributed by atoms with Crippen molar-refractivity contribution in [3.05, 3.63) is 16.9 Å². The van der Waals surface area contributed by atoms with Crippen molar-refractivity contribution in [3.8, 4) is 0 Å². The van der Waals surface area contributed by atoms with Gasteiger partial charge < -0.3 is 15.8 Å². The van der Waals surface area contributed by atoms with E-state index in [2.05, 4.69) is 0 Å². The highest BCUT2D eigenvalue weighted by atomic mass is 16.5. The average Bonchev–Trinajstić information content (AvgIpc) is 1.98. The largest absolute Gasteiger partial charge is 0.788 e. The molecule has 0 aliphatic rings. The molecule has 0 amide bonds. The summed E-state index contributed by atoms with van der Waals surface area (Å²) in [4.78, 5) is 0. The van der Waals surface area contributed by atoms with Gasteiger partial charge in [0, 0.05) is 6.54 Å². The monoisotopic (exact) mass is 186 g/mol. The van der Waals surface area contributed by atoms with Gasteiger partial charge >= 0.3 is 0 Å². The van der Waals surface area contributed by atoms with Gasteiger partial charge in [0.2, 0.25) is 0 Å². The van der Waals surface area contributed by atoms with Crippen LogP contribution in [0.3, 0.4) is 0 Å². The molecule has 0 radical (unpaired) electrons. The predicted octanol–water partition coefficient (Wildman–Crippen LogP) is 1.96. The molecule has 0 aromatic carbocycles. The van der Waals surface area contributed by atoms with Gasteiger partial charge in [0.05, 0.1) is 5.60 Å². The maximum absolute atomic E-state index is 9.93. The molecule has 2 N–H and O–H groups in total. The lowest BCUT2D eigenvalue weighted by molar-refractivity contribution is 0.0689. The van der Waals surface area contributed by atoms with E-state index in [0.717, 1.165) is 19.3 Å². The number of hydroxylamine groups is 1. The van der Waals surface area contributed by atoms with E-state index < -0.39 is 5.60 Å². The molecule has 0 atom stereocenters. The molecule has 0 rings (SSSR count). The van der Waals surface area contributed by atoms with E-state index in [9.17, 15) is 10.3 Å². The van der Waals surface area contributed by atoms with Crippen LogP contribution in [0.2, 0.25) is 0 Å². The molecule has 0 fully saturated rings. The highest BCUT2D eigenvalue weighted by Crippen LogP contribution is 2.14. The van der Waals surface area contributed by atoms with Gasteiger partial charge in [-0.2, -0.15) is 0 Å². The Kier molecular flexibility index (Phi) is 5.95. The fourth-order valence-corrected chi connectivity index (χ4v) is 1.12. The summed E-state index contributed by atoms with van der Waals surface area (Å²) in [6.07, 6.45) is 4.59. The summed E-state index contributed by atoms with van der Waals surface area (Å²) in [7, 11) is 0. The normalized spacial score (nSPS) is 13.5. The molecule has 0 spiro atoms. The second-order valence-corrected chi connectivity index (χ2v) is 4.06. The third-order valence-corrected chi connectivity index (χ3v) is 1.89. The molecule has 3 nitrogen and oxygen atoms in total. The predicted molar refractivity (Wildman–Crippen MR) is 55.3 cm³/mol. The van der Waals surface area contributed by atoms with Crippen LogP contribution in [0.4, 0.5) is 0 Å². The van der Waals surface area contributed by atoms with Gasteiger partial charge in [-0.15, -0.1) is 0 Å². The van der Waals surface area contributed by atoms with Gasteiger partial charge in [-0.25, -0.2) is 0 Å². The molecule has 0 heterocycles. The van der Waals surface area contributed by atoms with E-state index in [4.69, 9.17) is 0 Å². The third kappa shape index (κ3) is 9.53. The Labute approximate surface area is 80.4 Å². The molecule has 13 heavy (non-hydrogen) atoms. The molecule has 78 valence electrons. The van der Waals surface area contributed by atoms with Crippen LogP contribution in [0.25, 0.3) is 0 Å². The van der Waals surface area contributed by atoms with Crippen LogP contribution in [0, 0.1) is 5.21 Å². The number of allylic oxidation sites excluding steroid dienone is 1. The summed E-state index contributed by atoms with van der Waals surface area (Å²) in [6, 6.07) is 0. The number of hydrogen-bond acceptors (Lipinski definition) is 3. The molecule has 0 aromatic rings. The van der Waals surface area contributed by atoms with Gasteiger partial charge in [-0.1, -0.05) is 11.6 Å². The Bertz CT molecular complexity index is 159. The molecule has 0 aliphatic carbocycles. The van der Waals surface area contributed by atoms with Crippen molar-refractivity contribution in [2.24, 2.45) is 0 Å². The van der Waals surface area contributed by atoms with Crippen molar-refractivity contribution < 1.29 is 5.11 Å². The van der Waals surface area contributed by atoms with Crippen molar-refractivity contribution >= 4 is 0 Å². The smallest absolute Gasteiger partial charge is 0.0591 e. The molecule has 3 heteroatoms. The quantitative estimate of drug-likeness (QED) is 0.492. The number of nitrogens with one attached hydrogen (secondary N) is 1. The van der Waals surface area contributed by atoms with Gasteiger partial charge in [-0.3, -0.25) is 0 Å². The fraction of sp³-hybridized carbons (Fsp3) is 0.800. The lowest BCUT2D eigenvalue weighted by Gasteiger charge is -2.16. The van der Waals surface area contributed by atoms with Crippen molar-refractivity contribution in [2.45, 2.75) is 45.6 Å². The van der Waals surface area contributed by atoms with Crippen LogP contribution in [-0.4, -0.2) is 17.3 Å². The van der Waals surface area contributed by atoms with Gasteiger partial charge in [-0.05, 0) is 40.0 Å². The molecule has 0 aromatic heterocycles. The van der Waals surface area contributed by atoms with Gasteiger partial charge in [0.15, 0.2) is 0 Å². The number of hydrogen-bond donors (Lipinski definition) is 2. The zero-order chi connectivity index (χ0) is 10.3. The van der Waals surface area contributed by atoms with Crippen molar-refractivity contribution in [2.75, 3.05) is 6.54 Å². The standard InChI is InChI=1S/C10H20NO2/c1-9(6-8-11-13)5-4-7-10(2,3)12/h6,11-12H,4-5,7-8H2,1-3H3/q-1. The summed E-state index contributed by atoms with van der Waals surface area (Å²) in [5.41, 5.74) is 2.46. The first kappa shape index (κ1) is 12.6. The van der Waals surface area contributed by atoms with Crippen LogP contribution >= 0.6 is 0 Å². The zero-order valence-corrected chi connectivity index (χ0v) is 8.76. The minimum atomic E-state index is -0.572. The first-order valence-electron chi connectivity index (χ1n) is 4.69.